The second-order valence-electron chi connectivity index (χ2n) is 7.22. The van der Waals surface area contributed by atoms with Crippen molar-refractivity contribution in [3.05, 3.63) is 80.9 Å². The van der Waals surface area contributed by atoms with Gasteiger partial charge in [-0.1, -0.05) is 19.9 Å². The Hall–Kier alpha value is -4.01. The quantitative estimate of drug-likeness (QED) is 0.541. The number of fused-ring (bicyclic) bond motifs is 1. The van der Waals surface area contributed by atoms with Gasteiger partial charge in [0.25, 0.3) is 11.5 Å². The summed E-state index contributed by atoms with van der Waals surface area (Å²) in [6.45, 7) is 3.85. The lowest BCUT2D eigenvalue weighted by Crippen LogP contribution is -2.31. The Morgan fingerprint density at radius 2 is 1.97 bits per heavy atom. The van der Waals surface area contributed by atoms with Crippen LogP contribution in [0.5, 0.6) is 0 Å². The number of nitrogens with one attached hydrogen (secondary N) is 2. The molecule has 1 aromatic carbocycles. The molecule has 3 heterocycles. The molecule has 0 aliphatic rings. The van der Waals surface area contributed by atoms with Gasteiger partial charge in [-0.15, -0.1) is 0 Å². The third kappa shape index (κ3) is 3.41. The first-order valence-corrected chi connectivity index (χ1v) is 9.40. The molecule has 0 saturated heterocycles. The van der Waals surface area contributed by atoms with Crippen molar-refractivity contribution in [3.8, 4) is 5.69 Å². The largest absolute Gasteiger partial charge is 0.329 e. The number of hydrogen-bond acceptors (Lipinski definition) is 5. The van der Waals surface area contributed by atoms with Crippen LogP contribution in [-0.2, 0) is 7.05 Å². The molecule has 4 rings (SSSR count). The molecule has 9 nitrogen and oxygen atoms in total. The summed E-state index contributed by atoms with van der Waals surface area (Å²) >= 11 is 0. The fourth-order valence-electron chi connectivity index (χ4n) is 3.18. The summed E-state index contributed by atoms with van der Waals surface area (Å²) in [6.07, 6.45) is 3.46. The van der Waals surface area contributed by atoms with Gasteiger partial charge in [-0.3, -0.25) is 19.1 Å². The number of H-pyrrole nitrogens is 1. The third-order valence-corrected chi connectivity index (χ3v) is 4.80. The maximum Gasteiger partial charge on any atom is 0.329 e. The minimum absolute atomic E-state index is 0.00140. The SMILES string of the molecule is CC(C)c1cc(C(=O)Nc2cccc(-n3cccn3)c2)c2c(=O)[nH]c(=O)n(C)c2n1. The third-order valence-electron chi connectivity index (χ3n) is 4.80. The highest BCUT2D eigenvalue weighted by molar-refractivity contribution is 6.11. The average molecular weight is 404 g/mol. The van der Waals surface area contributed by atoms with Gasteiger partial charge in [-0.25, -0.2) is 14.5 Å². The summed E-state index contributed by atoms with van der Waals surface area (Å²) in [7, 11) is 1.51. The van der Waals surface area contributed by atoms with Crippen molar-refractivity contribution in [2.45, 2.75) is 19.8 Å². The predicted molar refractivity (Wildman–Crippen MR) is 113 cm³/mol. The van der Waals surface area contributed by atoms with E-state index in [1.165, 1.54) is 11.6 Å². The first-order valence-electron chi connectivity index (χ1n) is 9.40. The zero-order valence-electron chi connectivity index (χ0n) is 16.7. The van der Waals surface area contributed by atoms with Gasteiger partial charge >= 0.3 is 5.69 Å². The van der Waals surface area contributed by atoms with Gasteiger partial charge in [0.1, 0.15) is 5.65 Å². The Morgan fingerprint density at radius 1 is 1.17 bits per heavy atom. The van der Waals surface area contributed by atoms with Crippen LogP contribution < -0.4 is 16.6 Å². The van der Waals surface area contributed by atoms with Crippen LogP contribution in [0.4, 0.5) is 5.69 Å². The summed E-state index contributed by atoms with van der Waals surface area (Å²) in [5, 5.41) is 7.09. The minimum Gasteiger partial charge on any atom is -0.322 e. The topological polar surface area (TPSA) is 115 Å². The maximum absolute atomic E-state index is 13.1. The van der Waals surface area contributed by atoms with Crippen molar-refractivity contribution in [1.82, 2.24) is 24.3 Å². The van der Waals surface area contributed by atoms with E-state index >= 15 is 0 Å². The number of amides is 1. The molecule has 2 N–H and O–H groups in total. The van der Waals surface area contributed by atoms with E-state index in [4.69, 9.17) is 0 Å². The molecule has 9 heteroatoms. The van der Waals surface area contributed by atoms with E-state index in [0.29, 0.717) is 11.4 Å². The van der Waals surface area contributed by atoms with Crippen molar-refractivity contribution in [2.24, 2.45) is 7.05 Å². The van der Waals surface area contributed by atoms with Crippen LogP contribution in [0, 0.1) is 0 Å². The van der Waals surface area contributed by atoms with Crippen LogP contribution in [0.3, 0.4) is 0 Å². The minimum atomic E-state index is -0.647. The molecule has 1 amide bonds. The van der Waals surface area contributed by atoms with Crippen LogP contribution >= 0.6 is 0 Å². The van der Waals surface area contributed by atoms with E-state index in [2.05, 4.69) is 20.4 Å². The standard InChI is InChI=1S/C21H20N6O3/c1-12(2)16-11-15(17-18(24-16)26(3)21(30)25-20(17)29)19(28)23-13-6-4-7-14(10-13)27-9-5-8-22-27/h4-12H,1-3H3,(H,23,28)(H,25,29,30). The first kappa shape index (κ1) is 19.3. The number of pyridine rings is 1. The second kappa shape index (κ2) is 7.43. The number of hydrogen-bond donors (Lipinski definition) is 2. The highest BCUT2D eigenvalue weighted by Crippen LogP contribution is 2.21. The summed E-state index contributed by atoms with van der Waals surface area (Å²) in [4.78, 5) is 44.4. The van der Waals surface area contributed by atoms with Crippen molar-refractivity contribution in [1.29, 1.82) is 0 Å². The summed E-state index contributed by atoms with van der Waals surface area (Å²) in [6, 6.07) is 10.6. The van der Waals surface area contributed by atoms with Gasteiger partial charge in [0.2, 0.25) is 0 Å². The number of aromatic nitrogens is 5. The molecule has 0 unspecified atom stereocenters. The summed E-state index contributed by atoms with van der Waals surface area (Å²) in [5.41, 5.74) is 1.03. The van der Waals surface area contributed by atoms with Crippen LogP contribution in [0.15, 0.2) is 58.4 Å². The normalized spacial score (nSPS) is 11.2. The number of carbonyl (C=O) groups excluding carboxylic acids is 1. The molecule has 3 aromatic heterocycles. The Morgan fingerprint density at radius 3 is 2.67 bits per heavy atom. The first-order chi connectivity index (χ1) is 14.3. The zero-order chi connectivity index (χ0) is 21.4. The van der Waals surface area contributed by atoms with Crippen LogP contribution in [-0.4, -0.2) is 30.2 Å². The summed E-state index contributed by atoms with van der Waals surface area (Å²) < 4.78 is 2.91. The average Bonchev–Trinajstić information content (AvgIpc) is 3.26. The molecule has 0 bridgehead atoms. The molecule has 0 atom stereocenters. The van der Waals surface area contributed by atoms with E-state index in [9.17, 15) is 14.4 Å². The Kier molecular flexibility index (Phi) is 4.78. The maximum atomic E-state index is 13.1. The molecule has 30 heavy (non-hydrogen) atoms. The highest BCUT2D eigenvalue weighted by Gasteiger charge is 2.20. The molecule has 0 aliphatic carbocycles. The molecule has 152 valence electrons. The van der Waals surface area contributed by atoms with Crippen molar-refractivity contribution in [2.75, 3.05) is 5.32 Å². The Balaban J connectivity index is 1.82. The molecule has 0 spiro atoms. The highest BCUT2D eigenvalue weighted by atomic mass is 16.2. The van der Waals surface area contributed by atoms with E-state index in [-0.39, 0.29) is 22.5 Å². The second-order valence-corrected chi connectivity index (χ2v) is 7.22. The lowest BCUT2D eigenvalue weighted by atomic mass is 10.0. The van der Waals surface area contributed by atoms with E-state index in [0.717, 1.165) is 5.69 Å². The van der Waals surface area contributed by atoms with E-state index < -0.39 is 17.2 Å². The Bertz CT molecular complexity index is 1370. The Labute approximate surface area is 171 Å². The number of carbonyl (C=O) groups is 1. The van der Waals surface area contributed by atoms with Gasteiger partial charge < -0.3 is 5.32 Å². The molecular weight excluding hydrogens is 384 g/mol. The lowest BCUT2D eigenvalue weighted by molar-refractivity contribution is 0.102. The molecule has 0 fully saturated rings. The number of aromatic amines is 1. The fraction of sp³-hybridized carbons (Fsp3) is 0.190. The number of aryl methyl sites for hydroxylation is 1. The van der Waals surface area contributed by atoms with Gasteiger partial charge in [-0.2, -0.15) is 5.10 Å². The van der Waals surface area contributed by atoms with E-state index in [1.54, 1.807) is 47.4 Å². The molecule has 0 aliphatic heterocycles. The van der Waals surface area contributed by atoms with Gasteiger partial charge in [-0.05, 0) is 36.2 Å². The van der Waals surface area contributed by atoms with Gasteiger partial charge in [0.15, 0.2) is 0 Å². The van der Waals surface area contributed by atoms with Crippen LogP contribution in [0.1, 0.15) is 35.8 Å². The number of benzene rings is 1. The van der Waals surface area contributed by atoms with Gasteiger partial charge in [0.05, 0.1) is 16.6 Å². The van der Waals surface area contributed by atoms with Crippen LogP contribution in [0.25, 0.3) is 16.7 Å². The smallest absolute Gasteiger partial charge is 0.322 e. The lowest BCUT2D eigenvalue weighted by Gasteiger charge is -2.13. The molecule has 0 saturated carbocycles. The van der Waals surface area contributed by atoms with Gasteiger partial charge in [0, 0.05) is 30.8 Å². The van der Waals surface area contributed by atoms with Crippen molar-refractivity contribution < 1.29 is 4.79 Å². The van der Waals surface area contributed by atoms with Crippen LogP contribution in [0.2, 0.25) is 0 Å². The molecule has 4 aromatic rings. The fourth-order valence-corrected chi connectivity index (χ4v) is 3.18. The molecular formula is C21H20N6O3. The number of anilines is 1. The number of nitrogens with zero attached hydrogens (tertiary/aromatic N) is 4. The predicted octanol–water partition coefficient (Wildman–Crippen LogP) is 2.18. The van der Waals surface area contributed by atoms with E-state index in [1.807, 2.05) is 19.9 Å². The number of rotatable bonds is 4. The van der Waals surface area contributed by atoms with Crippen molar-refractivity contribution >= 4 is 22.6 Å². The van der Waals surface area contributed by atoms with Crippen molar-refractivity contribution in [3.63, 3.8) is 0 Å². The molecule has 0 radical (unpaired) electrons. The zero-order valence-corrected chi connectivity index (χ0v) is 16.7. The summed E-state index contributed by atoms with van der Waals surface area (Å²) in [5.74, 6) is -0.468. The monoisotopic (exact) mass is 404 g/mol.